The quantitative estimate of drug-likeness (QED) is 0.573. The van der Waals surface area contributed by atoms with Gasteiger partial charge in [-0.3, -0.25) is 0 Å². The maximum absolute atomic E-state index is 13.0. The molecule has 1 unspecified atom stereocenters. The van der Waals surface area contributed by atoms with Crippen molar-refractivity contribution in [3.63, 3.8) is 0 Å². The summed E-state index contributed by atoms with van der Waals surface area (Å²) in [6, 6.07) is 21.1. The molecule has 160 valence electrons. The van der Waals surface area contributed by atoms with Crippen LogP contribution in [0.3, 0.4) is 0 Å². The molecule has 4 heteroatoms. The van der Waals surface area contributed by atoms with Gasteiger partial charge in [0.1, 0.15) is 5.76 Å². The lowest BCUT2D eigenvalue weighted by molar-refractivity contribution is 0.121. The summed E-state index contributed by atoms with van der Waals surface area (Å²) in [5, 5.41) is 0. The van der Waals surface area contributed by atoms with E-state index in [2.05, 4.69) is 74.4 Å². The predicted molar refractivity (Wildman–Crippen MR) is 122 cm³/mol. The molecule has 0 aliphatic carbocycles. The third-order valence-electron chi connectivity index (χ3n) is 6.26. The van der Waals surface area contributed by atoms with E-state index in [1.165, 1.54) is 0 Å². The fourth-order valence-electron chi connectivity index (χ4n) is 4.31. The van der Waals surface area contributed by atoms with E-state index in [4.69, 9.17) is 4.74 Å². The molecule has 1 fully saturated rings. The molecule has 1 amide bonds. The number of likely N-dealkylation sites (tertiary alicyclic amines) is 1. The molecule has 0 radical (unpaired) electrons. The third-order valence-corrected chi connectivity index (χ3v) is 6.26. The van der Waals surface area contributed by atoms with Crippen molar-refractivity contribution in [2.45, 2.75) is 44.6 Å². The van der Waals surface area contributed by atoms with Gasteiger partial charge in [-0.05, 0) is 64.4 Å². The van der Waals surface area contributed by atoms with E-state index in [-0.39, 0.29) is 12.1 Å². The van der Waals surface area contributed by atoms with Crippen LogP contribution < -0.4 is 0 Å². The van der Waals surface area contributed by atoms with Crippen molar-refractivity contribution in [3.05, 3.63) is 83.6 Å². The fourth-order valence-corrected chi connectivity index (χ4v) is 4.31. The Bertz CT molecular complexity index is 800. The second kappa shape index (κ2) is 9.94. The van der Waals surface area contributed by atoms with Crippen molar-refractivity contribution >= 4 is 6.09 Å². The number of ether oxygens (including phenoxy) is 1. The van der Waals surface area contributed by atoms with E-state index in [9.17, 15) is 4.79 Å². The van der Waals surface area contributed by atoms with Crippen LogP contribution in [-0.2, 0) is 10.2 Å². The summed E-state index contributed by atoms with van der Waals surface area (Å²) in [6.45, 7) is 5.73. The average Bonchev–Trinajstić information content (AvgIpc) is 3.32. The summed E-state index contributed by atoms with van der Waals surface area (Å²) in [6.07, 6.45) is 4.60. The Hall–Kier alpha value is -2.59. The summed E-state index contributed by atoms with van der Waals surface area (Å²) >= 11 is 0. The van der Waals surface area contributed by atoms with Crippen LogP contribution in [0.4, 0.5) is 4.79 Å². The molecule has 1 heterocycles. The van der Waals surface area contributed by atoms with Crippen LogP contribution in [0, 0.1) is 0 Å². The lowest BCUT2D eigenvalue weighted by Crippen LogP contribution is -2.41. The van der Waals surface area contributed by atoms with E-state index in [0.717, 1.165) is 43.5 Å². The molecule has 30 heavy (non-hydrogen) atoms. The topological polar surface area (TPSA) is 32.8 Å². The molecule has 0 bridgehead atoms. The molecule has 1 aliphatic rings. The van der Waals surface area contributed by atoms with E-state index in [0.29, 0.717) is 5.76 Å². The Morgan fingerprint density at radius 1 is 1.03 bits per heavy atom. The van der Waals surface area contributed by atoms with E-state index in [1.54, 1.807) is 0 Å². The number of rotatable bonds is 7. The van der Waals surface area contributed by atoms with Crippen molar-refractivity contribution in [2.75, 3.05) is 27.2 Å². The van der Waals surface area contributed by atoms with Crippen molar-refractivity contribution in [1.29, 1.82) is 0 Å². The number of benzene rings is 2. The minimum absolute atomic E-state index is 0.241. The van der Waals surface area contributed by atoms with Gasteiger partial charge in [-0.1, -0.05) is 60.7 Å². The fraction of sp³-hybridized carbons (Fsp3) is 0.423. The largest absolute Gasteiger partial charge is 0.414 e. The summed E-state index contributed by atoms with van der Waals surface area (Å²) in [5.74, 6) is 0.700. The molecule has 4 nitrogen and oxygen atoms in total. The smallest absolute Gasteiger partial charge is 0.414 e. The Labute approximate surface area is 181 Å². The number of hydrogen-bond acceptors (Lipinski definition) is 3. The summed E-state index contributed by atoms with van der Waals surface area (Å²) in [5.41, 5.74) is 1.70. The first-order chi connectivity index (χ1) is 14.5. The summed E-state index contributed by atoms with van der Waals surface area (Å²) < 4.78 is 6.17. The molecule has 3 rings (SSSR count). The first-order valence-corrected chi connectivity index (χ1v) is 10.9. The highest BCUT2D eigenvalue weighted by Crippen LogP contribution is 2.44. The minimum atomic E-state index is -0.559. The maximum Gasteiger partial charge on any atom is 0.414 e. The highest BCUT2D eigenvalue weighted by molar-refractivity contribution is 5.70. The van der Waals surface area contributed by atoms with Crippen molar-refractivity contribution in [2.24, 2.45) is 0 Å². The van der Waals surface area contributed by atoms with Gasteiger partial charge in [0.15, 0.2) is 0 Å². The van der Waals surface area contributed by atoms with E-state index in [1.807, 2.05) is 30.0 Å². The van der Waals surface area contributed by atoms with Crippen LogP contribution in [-0.4, -0.2) is 49.1 Å². The van der Waals surface area contributed by atoms with Gasteiger partial charge >= 0.3 is 6.09 Å². The van der Waals surface area contributed by atoms with Gasteiger partial charge in [-0.2, -0.15) is 0 Å². The average molecular weight is 407 g/mol. The molecule has 0 spiro atoms. The van der Waals surface area contributed by atoms with Gasteiger partial charge in [0.2, 0.25) is 0 Å². The molecule has 2 aromatic carbocycles. The number of allylic oxidation sites excluding steroid dienone is 2. The maximum atomic E-state index is 13.0. The third kappa shape index (κ3) is 4.59. The van der Waals surface area contributed by atoms with Crippen molar-refractivity contribution in [3.8, 4) is 0 Å². The van der Waals surface area contributed by atoms with Crippen molar-refractivity contribution < 1.29 is 9.53 Å². The van der Waals surface area contributed by atoms with Gasteiger partial charge in [0, 0.05) is 19.1 Å². The lowest BCUT2D eigenvalue weighted by Gasteiger charge is -2.40. The Morgan fingerprint density at radius 2 is 1.53 bits per heavy atom. The summed E-state index contributed by atoms with van der Waals surface area (Å²) in [4.78, 5) is 17.0. The van der Waals surface area contributed by atoms with Crippen LogP contribution in [0.2, 0.25) is 0 Å². The van der Waals surface area contributed by atoms with E-state index < -0.39 is 5.41 Å². The second-order valence-corrected chi connectivity index (χ2v) is 8.37. The molecule has 1 atom stereocenters. The molecule has 0 N–H and O–H groups in total. The molecule has 0 aromatic heterocycles. The Kier molecular flexibility index (Phi) is 7.33. The second-order valence-electron chi connectivity index (χ2n) is 8.37. The SMILES string of the molecule is C/C=C(\OC(=O)N1CCCC1)C(CC(C)N(C)C)(c1ccccc1)c1ccccc1. The standard InChI is InChI=1S/C26H34N2O2/c1-5-24(30-25(29)28-18-12-13-19-28)26(20-21(2)27(3)4,22-14-8-6-9-15-22)23-16-10-7-11-17-23/h5-11,14-17,21H,12-13,18-20H2,1-4H3/b24-5-. The predicted octanol–water partition coefficient (Wildman–Crippen LogP) is 5.45. The van der Waals surface area contributed by atoms with E-state index >= 15 is 0 Å². The minimum Gasteiger partial charge on any atom is -0.414 e. The monoisotopic (exact) mass is 406 g/mol. The van der Waals surface area contributed by atoms with Crippen LogP contribution in [0.5, 0.6) is 0 Å². The Balaban J connectivity index is 2.13. The van der Waals surface area contributed by atoms with Gasteiger partial charge < -0.3 is 14.5 Å². The highest BCUT2D eigenvalue weighted by Gasteiger charge is 2.42. The van der Waals surface area contributed by atoms with Crippen LogP contribution in [0.25, 0.3) is 0 Å². The van der Waals surface area contributed by atoms with Crippen molar-refractivity contribution in [1.82, 2.24) is 9.80 Å². The number of carbonyl (C=O) groups is 1. The first kappa shape index (κ1) is 22.1. The first-order valence-electron chi connectivity index (χ1n) is 10.9. The molecule has 1 aliphatic heterocycles. The number of carbonyl (C=O) groups excluding carboxylic acids is 1. The van der Waals surface area contributed by atoms with Crippen LogP contribution >= 0.6 is 0 Å². The molecular formula is C26H34N2O2. The summed E-state index contributed by atoms with van der Waals surface area (Å²) in [7, 11) is 4.19. The highest BCUT2D eigenvalue weighted by atomic mass is 16.6. The molecule has 1 saturated heterocycles. The van der Waals surface area contributed by atoms with Crippen LogP contribution in [0.15, 0.2) is 72.5 Å². The lowest BCUT2D eigenvalue weighted by atomic mass is 9.68. The number of hydrogen-bond donors (Lipinski definition) is 0. The zero-order chi connectivity index (χ0) is 21.6. The number of nitrogens with zero attached hydrogens (tertiary/aromatic N) is 2. The van der Waals surface area contributed by atoms with Gasteiger partial charge in [0.05, 0.1) is 5.41 Å². The van der Waals surface area contributed by atoms with Gasteiger partial charge in [0.25, 0.3) is 0 Å². The Morgan fingerprint density at radius 3 is 1.97 bits per heavy atom. The molecule has 0 saturated carbocycles. The number of amides is 1. The zero-order valence-electron chi connectivity index (χ0n) is 18.7. The van der Waals surface area contributed by atoms with Gasteiger partial charge in [-0.15, -0.1) is 0 Å². The van der Waals surface area contributed by atoms with Gasteiger partial charge in [-0.25, -0.2) is 4.79 Å². The molecular weight excluding hydrogens is 372 g/mol. The molecule has 2 aromatic rings. The van der Waals surface area contributed by atoms with Crippen LogP contribution in [0.1, 0.15) is 44.2 Å². The normalized spacial score (nSPS) is 16.0. The zero-order valence-corrected chi connectivity index (χ0v) is 18.7.